The first-order valence-electron chi connectivity index (χ1n) is 8.63. The van der Waals surface area contributed by atoms with Gasteiger partial charge in [-0.25, -0.2) is 0 Å². The number of benzene rings is 2. The smallest absolute Gasteiger partial charge is 0.258 e. The molecule has 0 aliphatic heterocycles. The van der Waals surface area contributed by atoms with E-state index in [1.54, 1.807) is 12.1 Å². The molecule has 1 saturated carbocycles. The summed E-state index contributed by atoms with van der Waals surface area (Å²) < 4.78 is 10.8. The highest BCUT2D eigenvalue weighted by Gasteiger charge is 2.33. The monoisotopic (exact) mass is 349 g/mol. The molecule has 0 saturated heterocycles. The summed E-state index contributed by atoms with van der Waals surface area (Å²) in [7, 11) is 0. The van der Waals surface area contributed by atoms with Gasteiger partial charge < -0.3 is 14.5 Å². The first kappa shape index (κ1) is 16.3. The van der Waals surface area contributed by atoms with Crippen LogP contribution < -0.4 is 10.1 Å². The maximum atomic E-state index is 12.4. The highest BCUT2D eigenvalue weighted by Crippen LogP contribution is 2.40. The molecule has 0 radical (unpaired) electrons. The summed E-state index contributed by atoms with van der Waals surface area (Å²) in [6.45, 7) is -0.0384. The molecule has 1 N–H and O–H groups in total. The lowest BCUT2D eigenvalue weighted by molar-refractivity contribution is -0.124. The highest BCUT2D eigenvalue weighted by atomic mass is 16.5. The van der Waals surface area contributed by atoms with Crippen molar-refractivity contribution >= 4 is 5.91 Å². The van der Waals surface area contributed by atoms with Gasteiger partial charge in [0.25, 0.3) is 5.91 Å². The molecule has 1 unspecified atom stereocenters. The minimum atomic E-state index is -0.131. The summed E-state index contributed by atoms with van der Waals surface area (Å²) in [5.74, 6) is 1.38. The summed E-state index contributed by atoms with van der Waals surface area (Å²) in [5, 5.41) is 10.6. The molecule has 0 bridgehead atoms. The Kier molecular flexibility index (Phi) is 4.64. The molecule has 1 aliphatic carbocycles. The SMILES string of the molecule is O=C(COc1cccc(-c2nnco2)c1)NC(c1ccccc1)C1CC1. The second kappa shape index (κ2) is 7.39. The van der Waals surface area contributed by atoms with Crippen molar-refractivity contribution in [1.82, 2.24) is 15.5 Å². The molecule has 6 heteroatoms. The van der Waals surface area contributed by atoms with Crippen LogP contribution in [0.2, 0.25) is 0 Å². The highest BCUT2D eigenvalue weighted by molar-refractivity contribution is 5.78. The van der Waals surface area contributed by atoms with E-state index >= 15 is 0 Å². The van der Waals surface area contributed by atoms with E-state index in [0.717, 1.165) is 24.0 Å². The van der Waals surface area contributed by atoms with Gasteiger partial charge >= 0.3 is 0 Å². The molecule has 0 spiro atoms. The maximum absolute atomic E-state index is 12.4. The summed E-state index contributed by atoms with van der Waals surface area (Å²) in [5.41, 5.74) is 1.89. The number of amides is 1. The van der Waals surface area contributed by atoms with Gasteiger partial charge in [-0.1, -0.05) is 36.4 Å². The van der Waals surface area contributed by atoms with E-state index in [9.17, 15) is 4.79 Å². The fraction of sp³-hybridized carbons (Fsp3) is 0.250. The average Bonchev–Trinajstić information content (AvgIpc) is 3.38. The van der Waals surface area contributed by atoms with Crippen molar-refractivity contribution in [1.29, 1.82) is 0 Å². The van der Waals surface area contributed by atoms with Crippen molar-refractivity contribution in [2.24, 2.45) is 5.92 Å². The molecule has 1 aliphatic rings. The molecule has 1 fully saturated rings. The van der Waals surface area contributed by atoms with Crippen molar-refractivity contribution in [3.8, 4) is 17.2 Å². The van der Waals surface area contributed by atoms with Gasteiger partial charge in [0.05, 0.1) is 6.04 Å². The van der Waals surface area contributed by atoms with Crippen molar-refractivity contribution in [3.63, 3.8) is 0 Å². The zero-order chi connectivity index (χ0) is 17.8. The molecular weight excluding hydrogens is 330 g/mol. The van der Waals surface area contributed by atoms with Crippen LogP contribution in [0.5, 0.6) is 5.75 Å². The van der Waals surface area contributed by atoms with Gasteiger partial charge in [0, 0.05) is 5.56 Å². The fourth-order valence-corrected chi connectivity index (χ4v) is 2.95. The third kappa shape index (κ3) is 3.91. The minimum absolute atomic E-state index is 0.0384. The number of nitrogens with zero attached hydrogens (tertiary/aromatic N) is 2. The van der Waals surface area contributed by atoms with Gasteiger partial charge in [-0.3, -0.25) is 4.79 Å². The Morgan fingerprint density at radius 3 is 2.77 bits per heavy atom. The first-order chi connectivity index (χ1) is 12.8. The largest absolute Gasteiger partial charge is 0.484 e. The molecule has 1 heterocycles. The van der Waals surface area contributed by atoms with Crippen molar-refractivity contribution < 1.29 is 13.9 Å². The van der Waals surface area contributed by atoms with E-state index < -0.39 is 0 Å². The normalized spacial score (nSPS) is 14.6. The Labute approximate surface area is 151 Å². The van der Waals surface area contributed by atoms with E-state index in [4.69, 9.17) is 9.15 Å². The second-order valence-corrected chi connectivity index (χ2v) is 6.35. The van der Waals surface area contributed by atoms with Gasteiger partial charge in [-0.15, -0.1) is 10.2 Å². The van der Waals surface area contributed by atoms with Gasteiger partial charge in [-0.2, -0.15) is 0 Å². The molecule has 1 atom stereocenters. The van der Waals surface area contributed by atoms with Crippen LogP contribution >= 0.6 is 0 Å². The van der Waals surface area contributed by atoms with Crippen LogP contribution in [-0.2, 0) is 4.79 Å². The van der Waals surface area contributed by atoms with Crippen LogP contribution in [0.25, 0.3) is 11.5 Å². The minimum Gasteiger partial charge on any atom is -0.484 e. The second-order valence-electron chi connectivity index (χ2n) is 6.35. The molecule has 26 heavy (non-hydrogen) atoms. The first-order valence-corrected chi connectivity index (χ1v) is 8.63. The van der Waals surface area contributed by atoms with Crippen LogP contribution in [0.4, 0.5) is 0 Å². The van der Waals surface area contributed by atoms with E-state index in [1.165, 1.54) is 6.39 Å². The van der Waals surface area contributed by atoms with Crippen LogP contribution in [0.15, 0.2) is 65.4 Å². The average molecular weight is 349 g/mol. The maximum Gasteiger partial charge on any atom is 0.258 e. The topological polar surface area (TPSA) is 77.2 Å². The number of carbonyl (C=O) groups excluding carboxylic acids is 1. The number of hydrogen-bond donors (Lipinski definition) is 1. The fourth-order valence-electron chi connectivity index (χ4n) is 2.95. The van der Waals surface area contributed by atoms with E-state index in [1.807, 2.05) is 30.3 Å². The van der Waals surface area contributed by atoms with Crippen molar-refractivity contribution in [3.05, 3.63) is 66.6 Å². The number of rotatable bonds is 7. The standard InChI is InChI=1S/C20H19N3O3/c24-18(22-19(15-9-10-15)14-5-2-1-3-6-14)12-25-17-8-4-7-16(11-17)20-23-21-13-26-20/h1-8,11,13,15,19H,9-10,12H2,(H,22,24). The van der Waals surface area contributed by atoms with Crippen LogP contribution in [-0.4, -0.2) is 22.7 Å². The molecule has 1 aromatic heterocycles. The van der Waals surface area contributed by atoms with Gasteiger partial charge in [0.2, 0.25) is 12.3 Å². The number of ether oxygens (including phenoxy) is 1. The number of aromatic nitrogens is 2. The van der Waals surface area contributed by atoms with Crippen molar-refractivity contribution in [2.45, 2.75) is 18.9 Å². The lowest BCUT2D eigenvalue weighted by atomic mass is 10.0. The lowest BCUT2D eigenvalue weighted by Crippen LogP contribution is -2.33. The van der Waals surface area contributed by atoms with Gasteiger partial charge in [0.1, 0.15) is 5.75 Å². The molecular formula is C20H19N3O3. The van der Waals surface area contributed by atoms with E-state index in [0.29, 0.717) is 17.6 Å². The Balaban J connectivity index is 1.37. The van der Waals surface area contributed by atoms with Crippen LogP contribution in [0, 0.1) is 5.92 Å². The Bertz CT molecular complexity index is 861. The quantitative estimate of drug-likeness (QED) is 0.707. The summed E-state index contributed by atoms with van der Waals surface area (Å²) in [6.07, 6.45) is 3.57. The van der Waals surface area contributed by atoms with Gasteiger partial charge in [-0.05, 0) is 42.5 Å². The molecule has 6 nitrogen and oxygen atoms in total. The molecule has 4 rings (SSSR count). The zero-order valence-electron chi connectivity index (χ0n) is 14.2. The predicted molar refractivity (Wildman–Crippen MR) is 95.3 cm³/mol. The third-order valence-electron chi connectivity index (χ3n) is 4.38. The van der Waals surface area contributed by atoms with Crippen LogP contribution in [0.3, 0.4) is 0 Å². The zero-order valence-corrected chi connectivity index (χ0v) is 14.2. The summed E-state index contributed by atoms with van der Waals surface area (Å²) in [4.78, 5) is 12.4. The number of carbonyl (C=O) groups is 1. The molecule has 2 aromatic carbocycles. The third-order valence-corrected chi connectivity index (χ3v) is 4.38. The number of nitrogens with one attached hydrogen (secondary N) is 1. The molecule has 132 valence electrons. The Morgan fingerprint density at radius 2 is 2.04 bits per heavy atom. The van der Waals surface area contributed by atoms with E-state index in [2.05, 4.69) is 27.6 Å². The predicted octanol–water partition coefficient (Wildman–Crippen LogP) is 3.38. The molecule has 3 aromatic rings. The summed E-state index contributed by atoms with van der Waals surface area (Å²) in [6, 6.07) is 17.4. The van der Waals surface area contributed by atoms with E-state index in [-0.39, 0.29) is 18.6 Å². The van der Waals surface area contributed by atoms with Crippen molar-refractivity contribution in [2.75, 3.05) is 6.61 Å². The lowest BCUT2D eigenvalue weighted by Gasteiger charge is -2.19. The van der Waals surface area contributed by atoms with Gasteiger partial charge in [0.15, 0.2) is 6.61 Å². The summed E-state index contributed by atoms with van der Waals surface area (Å²) >= 11 is 0. The Morgan fingerprint density at radius 1 is 1.19 bits per heavy atom. The van der Waals surface area contributed by atoms with Crippen LogP contribution in [0.1, 0.15) is 24.4 Å². The Hall–Kier alpha value is -3.15. The number of hydrogen-bond acceptors (Lipinski definition) is 5. The molecule has 1 amide bonds.